The van der Waals surface area contributed by atoms with Crippen LogP contribution < -0.4 is 20.1 Å². The van der Waals surface area contributed by atoms with E-state index >= 15 is 0 Å². The van der Waals surface area contributed by atoms with Crippen molar-refractivity contribution in [3.8, 4) is 11.5 Å². The molecule has 8 nitrogen and oxygen atoms in total. The number of hydrogen-bond donors (Lipinski definition) is 2. The molecule has 4 aromatic rings. The fraction of sp³-hybridized carbons (Fsp3) is 0.217. The molecule has 0 fully saturated rings. The van der Waals surface area contributed by atoms with E-state index in [0.717, 1.165) is 10.3 Å². The van der Waals surface area contributed by atoms with E-state index in [1.807, 2.05) is 0 Å². The third-order valence-electron chi connectivity index (χ3n) is 4.77. The number of alkyl halides is 1. The molecule has 0 aliphatic carbocycles. The number of nitrogens with one attached hydrogen (secondary N) is 2. The van der Waals surface area contributed by atoms with Gasteiger partial charge in [0.05, 0.1) is 30.7 Å². The molecule has 0 saturated carbocycles. The zero-order valence-electron chi connectivity index (χ0n) is 18.5. The first kappa shape index (κ1) is 24.9. The summed E-state index contributed by atoms with van der Waals surface area (Å²) in [7, 11) is 1.56. The lowest BCUT2D eigenvalue weighted by Crippen LogP contribution is -2.13. The SMILES string of the molecule is COc1cc2c(Nc3ncc(CC(=O)Nc4ccc(F)c(Cl)c4)s3)ncnc2cc1OCCCCl. The van der Waals surface area contributed by atoms with E-state index in [-0.39, 0.29) is 17.4 Å². The number of methoxy groups -OCH3 is 1. The van der Waals surface area contributed by atoms with E-state index in [4.69, 9.17) is 32.7 Å². The van der Waals surface area contributed by atoms with Crippen LogP contribution in [0.1, 0.15) is 11.3 Å². The lowest BCUT2D eigenvalue weighted by molar-refractivity contribution is -0.115. The predicted octanol–water partition coefficient (Wildman–Crippen LogP) is 5.82. The van der Waals surface area contributed by atoms with Gasteiger partial charge < -0.3 is 20.1 Å². The first-order valence-corrected chi connectivity index (χ1v) is 12.2. The van der Waals surface area contributed by atoms with Crippen molar-refractivity contribution in [1.29, 1.82) is 0 Å². The number of carbonyl (C=O) groups excluding carboxylic acids is 1. The van der Waals surface area contributed by atoms with E-state index in [1.165, 1.54) is 35.9 Å². The highest BCUT2D eigenvalue weighted by atomic mass is 35.5. The molecular weight excluding hydrogens is 516 g/mol. The molecule has 2 heterocycles. The second kappa shape index (κ2) is 11.5. The van der Waals surface area contributed by atoms with Crippen LogP contribution in [0.5, 0.6) is 11.5 Å². The van der Waals surface area contributed by atoms with Gasteiger partial charge in [0.25, 0.3) is 0 Å². The Morgan fingerprint density at radius 1 is 1.17 bits per heavy atom. The zero-order valence-corrected chi connectivity index (χ0v) is 20.8. The van der Waals surface area contributed by atoms with Crippen LogP contribution in [0, 0.1) is 5.82 Å². The molecule has 35 heavy (non-hydrogen) atoms. The van der Waals surface area contributed by atoms with Gasteiger partial charge in [-0.15, -0.1) is 22.9 Å². The molecule has 2 N–H and O–H groups in total. The van der Waals surface area contributed by atoms with Gasteiger partial charge >= 0.3 is 0 Å². The van der Waals surface area contributed by atoms with Gasteiger partial charge in [0, 0.05) is 34.1 Å². The summed E-state index contributed by atoms with van der Waals surface area (Å²) in [6, 6.07) is 7.58. The van der Waals surface area contributed by atoms with E-state index in [0.29, 0.717) is 52.6 Å². The first-order chi connectivity index (χ1) is 17.0. The molecule has 4 rings (SSSR count). The summed E-state index contributed by atoms with van der Waals surface area (Å²) in [5, 5.41) is 7.08. The van der Waals surface area contributed by atoms with Gasteiger partial charge in [-0.05, 0) is 30.7 Å². The standard InChI is InChI=1S/C23H20Cl2FN5O3S/c1-33-19-9-15-18(10-20(19)34-6-2-5-24)28-12-29-22(15)31-23-27-11-14(35-23)8-21(32)30-13-3-4-17(26)16(25)7-13/h3-4,7,9-12H,2,5-6,8H2,1H3,(H,30,32)(H,27,28,29,31). The third kappa shape index (κ3) is 6.27. The number of rotatable bonds is 10. The molecule has 2 aromatic heterocycles. The average Bonchev–Trinajstić information content (AvgIpc) is 3.27. The van der Waals surface area contributed by atoms with Crippen molar-refractivity contribution < 1.29 is 18.7 Å². The topological polar surface area (TPSA) is 98.3 Å². The monoisotopic (exact) mass is 535 g/mol. The Kier molecular flexibility index (Phi) is 8.17. The Balaban J connectivity index is 1.47. The number of benzene rings is 2. The Bertz CT molecular complexity index is 1350. The summed E-state index contributed by atoms with van der Waals surface area (Å²) >= 11 is 12.8. The Labute approximate surface area is 214 Å². The highest BCUT2D eigenvalue weighted by Gasteiger charge is 2.14. The molecule has 0 spiro atoms. The second-order valence-electron chi connectivity index (χ2n) is 7.24. The maximum Gasteiger partial charge on any atom is 0.229 e. The highest BCUT2D eigenvalue weighted by Crippen LogP contribution is 2.35. The Morgan fingerprint density at radius 2 is 2.03 bits per heavy atom. The number of thiazole rings is 1. The molecule has 0 aliphatic heterocycles. The van der Waals surface area contributed by atoms with Gasteiger partial charge in [-0.3, -0.25) is 4.79 Å². The Morgan fingerprint density at radius 3 is 2.80 bits per heavy atom. The number of amides is 1. The fourth-order valence-electron chi connectivity index (χ4n) is 3.16. The number of aromatic nitrogens is 3. The molecule has 0 aliphatic rings. The number of halogens is 3. The van der Waals surface area contributed by atoms with Crippen LogP contribution in [0.2, 0.25) is 5.02 Å². The molecule has 1 amide bonds. The number of carbonyl (C=O) groups is 1. The van der Waals surface area contributed by atoms with Gasteiger partial charge in [-0.25, -0.2) is 19.3 Å². The van der Waals surface area contributed by atoms with Gasteiger partial charge in [0.1, 0.15) is 18.0 Å². The van der Waals surface area contributed by atoms with Crippen molar-refractivity contribution in [3.63, 3.8) is 0 Å². The van der Waals surface area contributed by atoms with Gasteiger partial charge in [0.15, 0.2) is 16.6 Å². The molecule has 2 aromatic carbocycles. The first-order valence-electron chi connectivity index (χ1n) is 10.4. The van der Waals surface area contributed by atoms with Crippen LogP contribution in [0.4, 0.5) is 21.0 Å². The van der Waals surface area contributed by atoms with Crippen molar-refractivity contribution >= 4 is 68.0 Å². The smallest absolute Gasteiger partial charge is 0.229 e. The van der Waals surface area contributed by atoms with Crippen LogP contribution in [0.3, 0.4) is 0 Å². The molecule has 0 atom stereocenters. The molecule has 0 saturated heterocycles. The molecular formula is C23H20Cl2FN5O3S. The number of anilines is 3. The molecule has 182 valence electrons. The van der Waals surface area contributed by atoms with Crippen molar-refractivity contribution in [2.24, 2.45) is 0 Å². The van der Waals surface area contributed by atoms with E-state index < -0.39 is 5.82 Å². The van der Waals surface area contributed by atoms with Crippen molar-refractivity contribution in [2.45, 2.75) is 12.8 Å². The summed E-state index contributed by atoms with van der Waals surface area (Å²) in [4.78, 5) is 26.1. The van der Waals surface area contributed by atoms with Crippen LogP contribution in [0.25, 0.3) is 10.9 Å². The maximum atomic E-state index is 13.3. The second-order valence-corrected chi connectivity index (χ2v) is 9.14. The fourth-order valence-corrected chi connectivity index (χ4v) is 4.26. The minimum absolute atomic E-state index is 0.0604. The molecule has 0 unspecified atom stereocenters. The van der Waals surface area contributed by atoms with Crippen LogP contribution in [-0.2, 0) is 11.2 Å². The van der Waals surface area contributed by atoms with Crippen molar-refractivity contribution in [1.82, 2.24) is 15.0 Å². The molecule has 12 heteroatoms. The quantitative estimate of drug-likeness (QED) is 0.195. The predicted molar refractivity (Wildman–Crippen MR) is 136 cm³/mol. The number of fused-ring (bicyclic) bond motifs is 1. The highest BCUT2D eigenvalue weighted by molar-refractivity contribution is 7.15. The minimum atomic E-state index is -0.548. The van der Waals surface area contributed by atoms with Crippen molar-refractivity contribution in [2.75, 3.05) is 30.2 Å². The summed E-state index contributed by atoms with van der Waals surface area (Å²) < 4.78 is 24.5. The normalized spacial score (nSPS) is 10.9. The van der Waals surface area contributed by atoms with Crippen LogP contribution in [-0.4, -0.2) is 40.5 Å². The number of ether oxygens (including phenoxy) is 2. The van der Waals surface area contributed by atoms with Crippen molar-refractivity contribution in [3.05, 3.63) is 58.6 Å². The summed E-state index contributed by atoms with van der Waals surface area (Å²) in [5.41, 5.74) is 1.08. The summed E-state index contributed by atoms with van der Waals surface area (Å²) in [6.45, 7) is 0.464. The summed E-state index contributed by atoms with van der Waals surface area (Å²) in [6.07, 6.45) is 3.85. The largest absolute Gasteiger partial charge is 0.493 e. The molecule has 0 bridgehead atoms. The van der Waals surface area contributed by atoms with E-state index in [9.17, 15) is 9.18 Å². The van der Waals surface area contributed by atoms with Crippen LogP contribution in [0.15, 0.2) is 42.9 Å². The maximum absolute atomic E-state index is 13.3. The van der Waals surface area contributed by atoms with Gasteiger partial charge in [-0.2, -0.15) is 0 Å². The minimum Gasteiger partial charge on any atom is -0.493 e. The molecule has 0 radical (unpaired) electrons. The van der Waals surface area contributed by atoms with Crippen LogP contribution >= 0.6 is 34.5 Å². The van der Waals surface area contributed by atoms with Gasteiger partial charge in [-0.1, -0.05) is 11.6 Å². The number of hydrogen-bond acceptors (Lipinski definition) is 8. The number of nitrogens with zero attached hydrogens (tertiary/aromatic N) is 3. The average molecular weight is 536 g/mol. The van der Waals surface area contributed by atoms with E-state index in [2.05, 4.69) is 25.6 Å². The lowest BCUT2D eigenvalue weighted by Gasteiger charge is -2.13. The third-order valence-corrected chi connectivity index (χ3v) is 6.24. The Hall–Kier alpha value is -3.21. The summed E-state index contributed by atoms with van der Waals surface area (Å²) in [5.74, 6) is 1.33. The van der Waals surface area contributed by atoms with Gasteiger partial charge in [0.2, 0.25) is 5.91 Å². The van der Waals surface area contributed by atoms with E-state index in [1.54, 1.807) is 25.4 Å². The zero-order chi connectivity index (χ0) is 24.8. The lowest BCUT2D eigenvalue weighted by atomic mass is 10.2.